The van der Waals surface area contributed by atoms with Crippen molar-refractivity contribution in [3.63, 3.8) is 0 Å². The normalized spacial score (nSPS) is 12.1. The zero-order valence-electron chi connectivity index (χ0n) is 8.78. The number of alkyl halides is 1. The maximum absolute atomic E-state index is 12.2. The first-order chi connectivity index (χ1) is 8.02. The van der Waals surface area contributed by atoms with E-state index in [9.17, 15) is 14.0 Å². The minimum Gasteiger partial charge on any atom is -0.480 e. The molecule has 17 heavy (non-hydrogen) atoms. The summed E-state index contributed by atoms with van der Waals surface area (Å²) in [5.74, 6) is -1.82. The molecule has 1 amide bonds. The second kappa shape index (κ2) is 6.70. The Morgan fingerprint density at radius 3 is 2.76 bits per heavy atom. The van der Waals surface area contributed by atoms with Crippen molar-refractivity contribution in [3.8, 4) is 0 Å². The molecule has 0 aliphatic rings. The number of carboxylic acid groups (broad SMARTS) is 1. The van der Waals surface area contributed by atoms with E-state index in [2.05, 4.69) is 21.2 Å². The van der Waals surface area contributed by atoms with Gasteiger partial charge in [-0.15, -0.1) is 11.3 Å². The Bertz CT molecular complexity index is 410. The van der Waals surface area contributed by atoms with Crippen LogP contribution in [0.1, 0.15) is 11.3 Å². The van der Waals surface area contributed by atoms with E-state index in [1.54, 1.807) is 0 Å². The highest BCUT2D eigenvalue weighted by molar-refractivity contribution is 9.10. The van der Waals surface area contributed by atoms with Gasteiger partial charge in [-0.25, -0.2) is 9.18 Å². The molecule has 0 saturated heterocycles. The Balaban J connectivity index is 2.37. The fourth-order valence-corrected chi connectivity index (χ4v) is 2.61. The summed E-state index contributed by atoms with van der Waals surface area (Å²) in [7, 11) is 0. The lowest BCUT2D eigenvalue weighted by molar-refractivity contribution is -0.142. The van der Waals surface area contributed by atoms with Gasteiger partial charge in [-0.05, 0) is 28.4 Å². The van der Waals surface area contributed by atoms with E-state index in [1.807, 2.05) is 11.4 Å². The molecule has 0 aliphatic carbocycles. The molecule has 0 spiro atoms. The maximum atomic E-state index is 12.2. The van der Waals surface area contributed by atoms with Crippen molar-refractivity contribution >= 4 is 39.1 Å². The fourth-order valence-electron chi connectivity index (χ4n) is 1.15. The van der Waals surface area contributed by atoms with Crippen molar-refractivity contribution in [2.24, 2.45) is 0 Å². The minimum absolute atomic E-state index is 0.150. The third-order valence-electron chi connectivity index (χ3n) is 2.01. The summed E-state index contributed by atoms with van der Waals surface area (Å²) in [6.45, 7) is -1.11. The monoisotopic (exact) mass is 323 g/mol. The molecule has 1 aromatic heterocycles. The van der Waals surface area contributed by atoms with Crippen LogP contribution in [0.15, 0.2) is 15.9 Å². The van der Waals surface area contributed by atoms with Crippen LogP contribution in [-0.2, 0) is 16.0 Å². The van der Waals surface area contributed by atoms with E-state index in [-0.39, 0.29) is 6.42 Å². The molecule has 2 N–H and O–H groups in total. The smallest absolute Gasteiger partial charge is 0.328 e. The summed E-state index contributed by atoms with van der Waals surface area (Å²) in [5.41, 5.74) is 0. The minimum atomic E-state index is -1.45. The molecule has 0 radical (unpaired) electrons. The summed E-state index contributed by atoms with van der Waals surface area (Å²) >= 11 is 4.80. The molecule has 1 atom stereocenters. The Hall–Kier alpha value is -0.950. The van der Waals surface area contributed by atoms with E-state index < -0.39 is 24.6 Å². The molecule has 4 nitrogen and oxygen atoms in total. The van der Waals surface area contributed by atoms with Crippen molar-refractivity contribution < 1.29 is 19.1 Å². The lowest BCUT2D eigenvalue weighted by Crippen LogP contribution is -2.42. The largest absolute Gasteiger partial charge is 0.480 e. The topological polar surface area (TPSA) is 66.4 Å². The van der Waals surface area contributed by atoms with Crippen LogP contribution in [0.5, 0.6) is 0 Å². The third-order valence-corrected chi connectivity index (χ3v) is 3.77. The number of carbonyl (C=O) groups is 2. The Labute approximate surface area is 110 Å². The van der Waals surface area contributed by atoms with Gasteiger partial charge in [0.1, 0.15) is 6.67 Å². The quantitative estimate of drug-likeness (QED) is 0.841. The van der Waals surface area contributed by atoms with Gasteiger partial charge in [-0.3, -0.25) is 4.79 Å². The third kappa shape index (κ3) is 4.82. The van der Waals surface area contributed by atoms with E-state index in [1.165, 1.54) is 11.3 Å². The molecule has 0 aromatic carbocycles. The van der Waals surface area contributed by atoms with Gasteiger partial charge in [0.15, 0.2) is 6.04 Å². The van der Waals surface area contributed by atoms with Crippen LogP contribution in [0, 0.1) is 0 Å². The average Bonchev–Trinajstić information content (AvgIpc) is 2.68. The highest BCUT2D eigenvalue weighted by Crippen LogP contribution is 2.20. The Kier molecular flexibility index (Phi) is 5.57. The molecule has 0 fully saturated rings. The van der Waals surface area contributed by atoms with Gasteiger partial charge in [0, 0.05) is 21.2 Å². The lowest BCUT2D eigenvalue weighted by atomic mass is 10.2. The maximum Gasteiger partial charge on any atom is 0.328 e. The molecule has 0 bridgehead atoms. The number of aryl methyl sites for hydroxylation is 1. The molecule has 1 rings (SSSR count). The molecule has 1 heterocycles. The van der Waals surface area contributed by atoms with E-state index in [4.69, 9.17) is 5.11 Å². The number of hydrogen-bond donors (Lipinski definition) is 2. The van der Waals surface area contributed by atoms with Crippen LogP contribution in [-0.4, -0.2) is 29.7 Å². The molecular weight excluding hydrogens is 313 g/mol. The Morgan fingerprint density at radius 1 is 1.59 bits per heavy atom. The van der Waals surface area contributed by atoms with Crippen molar-refractivity contribution in [1.29, 1.82) is 0 Å². The number of carbonyl (C=O) groups excluding carboxylic acids is 1. The SMILES string of the molecule is O=C(CCc1cc(Br)cs1)NC(CF)C(=O)O. The number of aliphatic carboxylic acids is 1. The number of nitrogens with one attached hydrogen (secondary N) is 1. The average molecular weight is 324 g/mol. The number of thiophene rings is 1. The predicted octanol–water partition coefficient (Wildman–Crippen LogP) is 1.98. The number of halogens is 2. The molecule has 94 valence electrons. The van der Waals surface area contributed by atoms with E-state index in [0.717, 1.165) is 9.35 Å². The first-order valence-corrected chi connectivity index (χ1v) is 6.51. The number of rotatable bonds is 6. The van der Waals surface area contributed by atoms with Gasteiger partial charge < -0.3 is 10.4 Å². The van der Waals surface area contributed by atoms with Crippen LogP contribution in [0.25, 0.3) is 0 Å². The zero-order valence-corrected chi connectivity index (χ0v) is 11.2. The first-order valence-electron chi connectivity index (χ1n) is 4.84. The van der Waals surface area contributed by atoms with Crippen molar-refractivity contribution in [1.82, 2.24) is 5.32 Å². The highest BCUT2D eigenvalue weighted by atomic mass is 79.9. The number of carboxylic acids is 1. The van der Waals surface area contributed by atoms with Gasteiger partial charge in [0.25, 0.3) is 0 Å². The van der Waals surface area contributed by atoms with Crippen LogP contribution in [0.3, 0.4) is 0 Å². The van der Waals surface area contributed by atoms with Gasteiger partial charge in [0.2, 0.25) is 5.91 Å². The summed E-state index contributed by atoms with van der Waals surface area (Å²) in [6.07, 6.45) is 0.664. The molecule has 0 aliphatic heterocycles. The number of hydrogen-bond acceptors (Lipinski definition) is 3. The number of amides is 1. The first kappa shape index (κ1) is 14.1. The molecular formula is C10H11BrFNO3S. The molecule has 0 saturated carbocycles. The van der Waals surface area contributed by atoms with Gasteiger partial charge >= 0.3 is 5.97 Å². The summed E-state index contributed by atoms with van der Waals surface area (Å²) in [4.78, 5) is 22.8. The van der Waals surface area contributed by atoms with Crippen molar-refractivity contribution in [2.45, 2.75) is 18.9 Å². The summed E-state index contributed by atoms with van der Waals surface area (Å²) < 4.78 is 13.2. The van der Waals surface area contributed by atoms with Crippen molar-refractivity contribution in [2.75, 3.05) is 6.67 Å². The van der Waals surface area contributed by atoms with Gasteiger partial charge in [-0.2, -0.15) is 0 Å². The highest BCUT2D eigenvalue weighted by Gasteiger charge is 2.19. The second-order valence-electron chi connectivity index (χ2n) is 3.34. The summed E-state index contributed by atoms with van der Waals surface area (Å²) in [5, 5.41) is 12.6. The van der Waals surface area contributed by atoms with Crippen LogP contribution in [0.4, 0.5) is 4.39 Å². The molecule has 1 unspecified atom stereocenters. The van der Waals surface area contributed by atoms with Crippen LogP contribution >= 0.6 is 27.3 Å². The lowest BCUT2D eigenvalue weighted by Gasteiger charge is -2.09. The van der Waals surface area contributed by atoms with Crippen LogP contribution in [0.2, 0.25) is 0 Å². The predicted molar refractivity (Wildman–Crippen MR) is 65.9 cm³/mol. The standard InChI is InChI=1S/C10H11BrFNO3S/c11-6-3-7(17-5-6)1-2-9(14)13-8(4-12)10(15)16/h3,5,8H,1-2,4H2,(H,13,14)(H,15,16). The van der Waals surface area contributed by atoms with E-state index >= 15 is 0 Å². The second-order valence-corrected chi connectivity index (χ2v) is 5.26. The summed E-state index contributed by atoms with van der Waals surface area (Å²) in [6, 6.07) is 0.444. The van der Waals surface area contributed by atoms with Gasteiger partial charge in [0.05, 0.1) is 0 Å². The fraction of sp³-hybridized carbons (Fsp3) is 0.400. The van der Waals surface area contributed by atoms with Crippen molar-refractivity contribution in [3.05, 3.63) is 20.8 Å². The zero-order chi connectivity index (χ0) is 12.8. The van der Waals surface area contributed by atoms with E-state index in [0.29, 0.717) is 6.42 Å². The Morgan fingerprint density at radius 2 is 2.29 bits per heavy atom. The molecule has 1 aromatic rings. The van der Waals surface area contributed by atoms with Gasteiger partial charge in [-0.1, -0.05) is 0 Å². The molecule has 7 heteroatoms. The van der Waals surface area contributed by atoms with Crippen LogP contribution < -0.4 is 5.32 Å².